The standard InChI is InChI=1S/C16H15NO6/c1-20-9-12(15(18)21-2)10-6-4-5-7-11(10)13-8-14(23-17-13)16(19)22-3/h4-9H,1-3H3/b12-9-. The Labute approximate surface area is 132 Å². The van der Waals surface area contributed by atoms with Gasteiger partial charge in [0.15, 0.2) is 0 Å². The zero-order valence-corrected chi connectivity index (χ0v) is 12.9. The molecule has 0 fully saturated rings. The molecule has 0 atom stereocenters. The van der Waals surface area contributed by atoms with Crippen molar-refractivity contribution in [3.63, 3.8) is 0 Å². The smallest absolute Gasteiger partial charge is 0.376 e. The first kappa shape index (κ1) is 16.3. The fourth-order valence-corrected chi connectivity index (χ4v) is 1.99. The van der Waals surface area contributed by atoms with Gasteiger partial charge in [-0.25, -0.2) is 9.59 Å². The molecule has 0 bridgehead atoms. The molecule has 7 heteroatoms. The molecule has 0 unspecified atom stereocenters. The van der Waals surface area contributed by atoms with Crippen molar-refractivity contribution in [1.29, 1.82) is 0 Å². The van der Waals surface area contributed by atoms with Gasteiger partial charge in [0.2, 0.25) is 5.76 Å². The van der Waals surface area contributed by atoms with Gasteiger partial charge in [-0.2, -0.15) is 0 Å². The van der Waals surface area contributed by atoms with Crippen molar-refractivity contribution < 1.29 is 28.3 Å². The summed E-state index contributed by atoms with van der Waals surface area (Å²) in [5, 5.41) is 3.85. The minimum Gasteiger partial charge on any atom is -0.503 e. The molecule has 0 radical (unpaired) electrons. The zero-order valence-electron chi connectivity index (χ0n) is 12.9. The van der Waals surface area contributed by atoms with Crippen LogP contribution < -0.4 is 0 Å². The average Bonchev–Trinajstić information content (AvgIpc) is 3.08. The Balaban J connectivity index is 2.53. The minimum atomic E-state index is -0.637. The van der Waals surface area contributed by atoms with Crippen molar-refractivity contribution >= 4 is 17.5 Å². The molecule has 0 aliphatic rings. The molecule has 23 heavy (non-hydrogen) atoms. The highest BCUT2D eigenvalue weighted by Gasteiger charge is 2.21. The summed E-state index contributed by atoms with van der Waals surface area (Å²) in [6.45, 7) is 0. The van der Waals surface area contributed by atoms with Crippen molar-refractivity contribution in [2.45, 2.75) is 0 Å². The summed E-state index contributed by atoms with van der Waals surface area (Å²) in [6.07, 6.45) is 1.28. The van der Waals surface area contributed by atoms with Crippen LogP contribution in [-0.2, 0) is 19.0 Å². The number of hydrogen-bond acceptors (Lipinski definition) is 7. The molecule has 1 aromatic heterocycles. The van der Waals surface area contributed by atoms with Crippen LogP contribution in [0.25, 0.3) is 16.8 Å². The summed E-state index contributed by atoms with van der Waals surface area (Å²) in [7, 11) is 3.95. The Morgan fingerprint density at radius 3 is 2.52 bits per heavy atom. The summed E-state index contributed by atoms with van der Waals surface area (Å²) in [5.74, 6) is -1.23. The van der Waals surface area contributed by atoms with Gasteiger partial charge in [-0.05, 0) is 0 Å². The van der Waals surface area contributed by atoms with Gasteiger partial charge in [0.1, 0.15) is 11.3 Å². The summed E-state index contributed by atoms with van der Waals surface area (Å²) >= 11 is 0. The van der Waals surface area contributed by atoms with Crippen LogP contribution in [0.3, 0.4) is 0 Å². The molecule has 0 N–H and O–H groups in total. The van der Waals surface area contributed by atoms with Gasteiger partial charge in [0.05, 0.1) is 27.6 Å². The number of aromatic nitrogens is 1. The Kier molecular flexibility index (Phi) is 5.14. The van der Waals surface area contributed by atoms with Crippen LogP contribution in [0.4, 0.5) is 0 Å². The Bertz CT molecular complexity index is 747. The molecule has 0 saturated carbocycles. The van der Waals surface area contributed by atoms with Gasteiger partial charge >= 0.3 is 11.9 Å². The number of esters is 2. The monoisotopic (exact) mass is 317 g/mol. The van der Waals surface area contributed by atoms with Gasteiger partial charge < -0.3 is 18.7 Å². The highest BCUT2D eigenvalue weighted by molar-refractivity contribution is 6.17. The first-order chi connectivity index (χ1) is 11.1. The van der Waals surface area contributed by atoms with E-state index >= 15 is 0 Å². The molecule has 2 rings (SSSR count). The Hall–Kier alpha value is -3.09. The third-order valence-corrected chi connectivity index (χ3v) is 3.03. The van der Waals surface area contributed by atoms with E-state index in [4.69, 9.17) is 14.0 Å². The molecule has 1 aromatic carbocycles. The fraction of sp³-hybridized carbons (Fsp3) is 0.188. The Morgan fingerprint density at radius 2 is 1.87 bits per heavy atom. The van der Waals surface area contributed by atoms with Gasteiger partial charge in [-0.3, -0.25) is 0 Å². The van der Waals surface area contributed by atoms with E-state index in [1.165, 1.54) is 33.7 Å². The predicted octanol–water partition coefficient (Wildman–Crippen LogP) is 2.29. The number of carbonyl (C=O) groups is 2. The molecule has 120 valence electrons. The van der Waals surface area contributed by atoms with Crippen molar-refractivity contribution in [2.24, 2.45) is 0 Å². The zero-order chi connectivity index (χ0) is 16.8. The number of methoxy groups -OCH3 is 3. The van der Waals surface area contributed by atoms with E-state index < -0.39 is 11.9 Å². The minimum absolute atomic E-state index is 0.0346. The van der Waals surface area contributed by atoms with Crippen LogP contribution in [0.2, 0.25) is 0 Å². The van der Waals surface area contributed by atoms with Gasteiger partial charge in [-0.1, -0.05) is 29.4 Å². The van der Waals surface area contributed by atoms with E-state index in [9.17, 15) is 9.59 Å². The Morgan fingerprint density at radius 1 is 1.13 bits per heavy atom. The molecule has 1 heterocycles. The van der Waals surface area contributed by atoms with E-state index in [2.05, 4.69) is 9.89 Å². The van der Waals surface area contributed by atoms with Crippen LogP contribution in [0.5, 0.6) is 0 Å². The lowest BCUT2D eigenvalue weighted by atomic mass is 9.98. The first-order valence-electron chi connectivity index (χ1n) is 6.58. The normalized spacial score (nSPS) is 11.0. The average molecular weight is 317 g/mol. The number of nitrogens with zero attached hydrogens (tertiary/aromatic N) is 1. The van der Waals surface area contributed by atoms with Crippen LogP contribution in [0.15, 0.2) is 41.1 Å². The van der Waals surface area contributed by atoms with Crippen molar-refractivity contribution in [3.05, 3.63) is 47.9 Å². The molecule has 7 nitrogen and oxygen atoms in total. The summed E-state index contributed by atoms with van der Waals surface area (Å²) in [4.78, 5) is 23.4. The number of carbonyl (C=O) groups excluding carboxylic acids is 2. The van der Waals surface area contributed by atoms with Crippen molar-refractivity contribution in [3.8, 4) is 11.3 Å². The van der Waals surface area contributed by atoms with E-state index in [-0.39, 0.29) is 11.3 Å². The highest BCUT2D eigenvalue weighted by atomic mass is 16.5. The molecule has 0 amide bonds. The van der Waals surface area contributed by atoms with E-state index in [1.807, 2.05) is 0 Å². The van der Waals surface area contributed by atoms with E-state index in [0.29, 0.717) is 16.8 Å². The molecule has 0 aliphatic carbocycles. The molecule has 0 spiro atoms. The predicted molar refractivity (Wildman–Crippen MR) is 80.3 cm³/mol. The van der Waals surface area contributed by atoms with Crippen LogP contribution in [0, 0.1) is 0 Å². The summed E-state index contributed by atoms with van der Waals surface area (Å²) < 4.78 is 19.3. The first-order valence-corrected chi connectivity index (χ1v) is 6.58. The van der Waals surface area contributed by atoms with Crippen LogP contribution >= 0.6 is 0 Å². The molecule has 0 saturated heterocycles. The highest BCUT2D eigenvalue weighted by Crippen LogP contribution is 2.29. The lowest BCUT2D eigenvalue weighted by Crippen LogP contribution is -2.05. The fourth-order valence-electron chi connectivity index (χ4n) is 1.99. The third-order valence-electron chi connectivity index (χ3n) is 3.03. The topological polar surface area (TPSA) is 87.9 Å². The maximum atomic E-state index is 12.0. The lowest BCUT2D eigenvalue weighted by molar-refractivity contribution is -0.133. The third kappa shape index (κ3) is 3.39. The number of benzene rings is 1. The number of hydrogen-bond donors (Lipinski definition) is 0. The maximum absolute atomic E-state index is 12.0. The summed E-state index contributed by atoms with van der Waals surface area (Å²) in [6, 6.07) is 8.41. The second kappa shape index (κ2) is 7.26. The largest absolute Gasteiger partial charge is 0.503 e. The van der Waals surface area contributed by atoms with Crippen LogP contribution in [-0.4, -0.2) is 38.4 Å². The molecule has 0 aliphatic heterocycles. The number of ether oxygens (including phenoxy) is 3. The molecule has 2 aromatic rings. The second-order valence-electron chi connectivity index (χ2n) is 4.37. The molecular weight excluding hydrogens is 302 g/mol. The van der Waals surface area contributed by atoms with Crippen molar-refractivity contribution in [2.75, 3.05) is 21.3 Å². The van der Waals surface area contributed by atoms with Gasteiger partial charge in [0, 0.05) is 17.2 Å². The van der Waals surface area contributed by atoms with E-state index in [1.54, 1.807) is 24.3 Å². The van der Waals surface area contributed by atoms with Gasteiger partial charge in [0.25, 0.3) is 0 Å². The SMILES string of the molecule is CO/C=C(\C(=O)OC)c1ccccc1-c1cc(C(=O)OC)on1. The second-order valence-corrected chi connectivity index (χ2v) is 4.37. The van der Waals surface area contributed by atoms with Gasteiger partial charge in [-0.15, -0.1) is 0 Å². The lowest BCUT2D eigenvalue weighted by Gasteiger charge is -2.09. The quantitative estimate of drug-likeness (QED) is 0.475. The number of rotatable bonds is 5. The van der Waals surface area contributed by atoms with E-state index in [0.717, 1.165) is 0 Å². The van der Waals surface area contributed by atoms with Crippen LogP contribution in [0.1, 0.15) is 16.1 Å². The van der Waals surface area contributed by atoms with Crippen molar-refractivity contribution in [1.82, 2.24) is 5.16 Å². The molecular formula is C16H15NO6. The maximum Gasteiger partial charge on any atom is 0.376 e. The summed E-state index contributed by atoms with van der Waals surface area (Å²) in [5.41, 5.74) is 1.71.